The Kier molecular flexibility index (Phi) is 3.55. The molecule has 0 fully saturated rings. The number of hydrogen-bond acceptors (Lipinski definition) is 2. The SMILES string of the molecule is COc1cc2cc(C)n(Cc3ccc(Cl)cn3)c2cc1F. The van der Waals surface area contributed by atoms with E-state index in [9.17, 15) is 4.39 Å². The fourth-order valence-electron chi connectivity index (χ4n) is 2.43. The summed E-state index contributed by atoms with van der Waals surface area (Å²) in [5.74, 6) is -0.113. The number of benzene rings is 1. The number of aromatic nitrogens is 2. The van der Waals surface area contributed by atoms with E-state index in [2.05, 4.69) is 4.98 Å². The summed E-state index contributed by atoms with van der Waals surface area (Å²) in [5, 5.41) is 1.54. The topological polar surface area (TPSA) is 27.1 Å². The van der Waals surface area contributed by atoms with Crippen molar-refractivity contribution in [1.82, 2.24) is 9.55 Å². The van der Waals surface area contributed by atoms with Crippen molar-refractivity contribution in [1.29, 1.82) is 0 Å². The quantitative estimate of drug-likeness (QED) is 0.725. The molecule has 108 valence electrons. The third kappa shape index (κ3) is 2.59. The molecule has 0 amide bonds. The van der Waals surface area contributed by atoms with E-state index >= 15 is 0 Å². The average Bonchev–Trinajstić information content (AvgIpc) is 2.76. The van der Waals surface area contributed by atoms with Crippen LogP contribution in [0.25, 0.3) is 10.9 Å². The molecule has 0 atom stereocenters. The van der Waals surface area contributed by atoms with Crippen LogP contribution < -0.4 is 4.74 Å². The summed E-state index contributed by atoms with van der Waals surface area (Å²) in [7, 11) is 1.46. The third-order valence-electron chi connectivity index (χ3n) is 3.49. The zero-order chi connectivity index (χ0) is 15.0. The van der Waals surface area contributed by atoms with Gasteiger partial charge in [-0.1, -0.05) is 11.6 Å². The van der Waals surface area contributed by atoms with Crippen molar-refractivity contribution < 1.29 is 9.13 Å². The Morgan fingerprint density at radius 2 is 2.10 bits per heavy atom. The molecule has 0 saturated heterocycles. The van der Waals surface area contributed by atoms with Crippen molar-refractivity contribution in [3.63, 3.8) is 0 Å². The summed E-state index contributed by atoms with van der Waals surface area (Å²) in [6, 6.07) is 8.88. The third-order valence-corrected chi connectivity index (χ3v) is 3.71. The van der Waals surface area contributed by atoms with E-state index in [-0.39, 0.29) is 11.6 Å². The average molecular weight is 305 g/mol. The summed E-state index contributed by atoms with van der Waals surface area (Å²) in [5.41, 5.74) is 2.73. The highest BCUT2D eigenvalue weighted by Crippen LogP contribution is 2.28. The molecule has 21 heavy (non-hydrogen) atoms. The molecule has 2 aromatic heterocycles. The fraction of sp³-hybridized carbons (Fsp3) is 0.188. The number of hydrogen-bond donors (Lipinski definition) is 0. The number of pyridine rings is 1. The van der Waals surface area contributed by atoms with E-state index < -0.39 is 0 Å². The molecule has 0 aliphatic carbocycles. The lowest BCUT2D eigenvalue weighted by Gasteiger charge is -2.09. The van der Waals surface area contributed by atoms with Crippen molar-refractivity contribution in [3.8, 4) is 5.75 Å². The Morgan fingerprint density at radius 1 is 1.29 bits per heavy atom. The molecule has 0 aliphatic heterocycles. The van der Waals surface area contributed by atoms with E-state index in [0.29, 0.717) is 11.6 Å². The molecule has 2 heterocycles. The molecule has 0 unspecified atom stereocenters. The molecule has 0 N–H and O–H groups in total. The maximum Gasteiger partial charge on any atom is 0.167 e. The maximum absolute atomic E-state index is 13.9. The predicted molar refractivity (Wildman–Crippen MR) is 81.5 cm³/mol. The van der Waals surface area contributed by atoms with Gasteiger partial charge in [0.15, 0.2) is 11.6 Å². The Balaban J connectivity index is 2.07. The van der Waals surface area contributed by atoms with Crippen LogP contribution in [0.3, 0.4) is 0 Å². The number of ether oxygens (including phenoxy) is 1. The molecule has 0 aliphatic rings. The van der Waals surface area contributed by atoms with Crippen LogP contribution in [0, 0.1) is 12.7 Å². The van der Waals surface area contributed by atoms with E-state index in [4.69, 9.17) is 16.3 Å². The van der Waals surface area contributed by atoms with Gasteiger partial charge in [-0.2, -0.15) is 0 Å². The number of halogens is 2. The van der Waals surface area contributed by atoms with Gasteiger partial charge in [0, 0.05) is 23.3 Å². The lowest BCUT2D eigenvalue weighted by molar-refractivity contribution is 0.387. The molecule has 0 saturated carbocycles. The van der Waals surface area contributed by atoms with Gasteiger partial charge in [0.1, 0.15) is 0 Å². The van der Waals surface area contributed by atoms with Crippen LogP contribution in [0.2, 0.25) is 5.02 Å². The molecule has 0 radical (unpaired) electrons. The second kappa shape index (κ2) is 5.37. The molecule has 3 aromatic rings. The monoisotopic (exact) mass is 304 g/mol. The number of rotatable bonds is 3. The number of fused-ring (bicyclic) bond motifs is 1. The second-order valence-corrected chi connectivity index (χ2v) is 5.32. The largest absolute Gasteiger partial charge is 0.494 e. The summed E-state index contributed by atoms with van der Waals surface area (Å²) >= 11 is 5.84. The van der Waals surface area contributed by atoms with Crippen LogP contribution in [-0.4, -0.2) is 16.7 Å². The molecular formula is C16H14ClFN2O. The van der Waals surface area contributed by atoms with Crippen molar-refractivity contribution in [2.75, 3.05) is 7.11 Å². The number of nitrogens with zero attached hydrogens (tertiary/aromatic N) is 2. The summed E-state index contributed by atoms with van der Waals surface area (Å²) in [6.45, 7) is 2.55. The van der Waals surface area contributed by atoms with Crippen LogP contribution >= 0.6 is 11.6 Å². The Morgan fingerprint density at radius 3 is 2.76 bits per heavy atom. The highest BCUT2D eigenvalue weighted by molar-refractivity contribution is 6.30. The van der Waals surface area contributed by atoms with Gasteiger partial charge in [0.25, 0.3) is 0 Å². The molecular weight excluding hydrogens is 291 g/mol. The lowest BCUT2D eigenvalue weighted by Crippen LogP contribution is -2.03. The fourth-order valence-corrected chi connectivity index (χ4v) is 2.54. The van der Waals surface area contributed by atoms with Crippen LogP contribution in [-0.2, 0) is 6.54 Å². The van der Waals surface area contributed by atoms with E-state index in [1.165, 1.54) is 13.2 Å². The first-order valence-electron chi connectivity index (χ1n) is 6.52. The van der Waals surface area contributed by atoms with Gasteiger partial charge in [-0.3, -0.25) is 4.98 Å². The van der Waals surface area contributed by atoms with Crippen LogP contribution in [0.1, 0.15) is 11.4 Å². The smallest absolute Gasteiger partial charge is 0.167 e. The summed E-state index contributed by atoms with van der Waals surface area (Å²) in [4.78, 5) is 4.29. The van der Waals surface area contributed by atoms with Crippen molar-refractivity contribution in [2.45, 2.75) is 13.5 Å². The number of aryl methyl sites for hydroxylation is 1. The van der Waals surface area contributed by atoms with E-state index in [1.54, 1.807) is 18.3 Å². The Hall–Kier alpha value is -2.07. The molecule has 5 heteroatoms. The first kappa shape index (κ1) is 13.9. The second-order valence-electron chi connectivity index (χ2n) is 4.89. The van der Waals surface area contributed by atoms with E-state index in [0.717, 1.165) is 22.3 Å². The molecule has 0 spiro atoms. The molecule has 3 nitrogen and oxygen atoms in total. The normalized spacial score (nSPS) is 11.0. The van der Waals surface area contributed by atoms with Crippen molar-refractivity contribution in [3.05, 3.63) is 58.8 Å². The number of methoxy groups -OCH3 is 1. The first-order chi connectivity index (χ1) is 10.1. The molecule has 1 aromatic carbocycles. The minimum atomic E-state index is -0.367. The van der Waals surface area contributed by atoms with Crippen molar-refractivity contribution >= 4 is 22.5 Å². The highest BCUT2D eigenvalue weighted by Gasteiger charge is 2.11. The van der Waals surface area contributed by atoms with Crippen LogP contribution in [0.4, 0.5) is 4.39 Å². The minimum Gasteiger partial charge on any atom is -0.494 e. The Bertz CT molecular complexity index is 796. The van der Waals surface area contributed by atoms with Crippen LogP contribution in [0.5, 0.6) is 5.75 Å². The maximum atomic E-state index is 13.9. The Labute approximate surface area is 126 Å². The van der Waals surface area contributed by atoms with Gasteiger partial charge in [0.2, 0.25) is 0 Å². The first-order valence-corrected chi connectivity index (χ1v) is 6.90. The highest BCUT2D eigenvalue weighted by atomic mass is 35.5. The van der Waals surface area contributed by atoms with Gasteiger partial charge in [-0.05, 0) is 31.2 Å². The van der Waals surface area contributed by atoms with E-state index in [1.807, 2.05) is 23.6 Å². The van der Waals surface area contributed by atoms with Gasteiger partial charge >= 0.3 is 0 Å². The summed E-state index contributed by atoms with van der Waals surface area (Å²) < 4.78 is 21.0. The van der Waals surface area contributed by atoms with Gasteiger partial charge in [-0.15, -0.1) is 0 Å². The zero-order valence-electron chi connectivity index (χ0n) is 11.7. The molecule has 3 rings (SSSR count). The zero-order valence-corrected chi connectivity index (χ0v) is 12.5. The van der Waals surface area contributed by atoms with Crippen molar-refractivity contribution in [2.24, 2.45) is 0 Å². The van der Waals surface area contributed by atoms with Crippen LogP contribution in [0.15, 0.2) is 36.5 Å². The van der Waals surface area contributed by atoms with Gasteiger partial charge < -0.3 is 9.30 Å². The minimum absolute atomic E-state index is 0.254. The van der Waals surface area contributed by atoms with Gasteiger partial charge in [-0.25, -0.2) is 4.39 Å². The predicted octanol–water partition coefficient (Wildman–Crippen LogP) is 4.19. The lowest BCUT2D eigenvalue weighted by atomic mass is 10.2. The van der Waals surface area contributed by atoms with Gasteiger partial charge in [0.05, 0.1) is 29.9 Å². The standard InChI is InChI=1S/C16H14ClFN2O/c1-10-5-11-6-16(21-2)14(18)7-15(11)20(10)9-13-4-3-12(17)8-19-13/h3-8H,9H2,1-2H3. The summed E-state index contributed by atoms with van der Waals surface area (Å²) in [6.07, 6.45) is 1.61. The molecule has 0 bridgehead atoms.